The maximum Gasteiger partial charge on any atom is 0.127 e. The molecule has 4 heteroatoms. The van der Waals surface area contributed by atoms with Crippen LogP contribution in [0.4, 0.5) is 0 Å². The minimum Gasteiger partial charge on any atom is -0.497 e. The second-order valence-electron chi connectivity index (χ2n) is 7.95. The van der Waals surface area contributed by atoms with Crippen molar-refractivity contribution in [2.24, 2.45) is 0 Å². The summed E-state index contributed by atoms with van der Waals surface area (Å²) in [6.45, 7) is 0. The molecule has 0 spiro atoms. The fraction of sp³-hybridized carbons (Fsp3) is 0.143. The zero-order chi connectivity index (χ0) is 22.0. The molecule has 0 bridgehead atoms. The number of ether oxygens (including phenoxy) is 4. The Bertz CT molecular complexity index is 1540. The summed E-state index contributed by atoms with van der Waals surface area (Å²) >= 11 is 0. The van der Waals surface area contributed by atoms with Crippen molar-refractivity contribution in [3.05, 3.63) is 60.7 Å². The Hall–Kier alpha value is -3.92. The molecule has 0 saturated carbocycles. The first-order valence-electron chi connectivity index (χ1n) is 10.5. The highest BCUT2D eigenvalue weighted by molar-refractivity contribution is 6.41. The van der Waals surface area contributed by atoms with Crippen LogP contribution in [0.5, 0.6) is 23.0 Å². The Morgan fingerprint density at radius 3 is 1.16 bits per heavy atom. The highest BCUT2D eigenvalue weighted by atomic mass is 16.5. The lowest BCUT2D eigenvalue weighted by atomic mass is 9.85. The highest BCUT2D eigenvalue weighted by Gasteiger charge is 2.22. The predicted molar refractivity (Wildman–Crippen MR) is 131 cm³/mol. The topological polar surface area (TPSA) is 36.9 Å². The van der Waals surface area contributed by atoms with Crippen LogP contribution in [0.3, 0.4) is 0 Å². The highest BCUT2D eigenvalue weighted by Crippen LogP contribution is 2.50. The largest absolute Gasteiger partial charge is 0.497 e. The van der Waals surface area contributed by atoms with E-state index in [1.54, 1.807) is 28.4 Å². The monoisotopic (exact) mass is 422 g/mol. The van der Waals surface area contributed by atoms with Crippen molar-refractivity contribution in [1.82, 2.24) is 0 Å². The summed E-state index contributed by atoms with van der Waals surface area (Å²) in [7, 11) is 6.84. The Morgan fingerprint density at radius 2 is 0.781 bits per heavy atom. The van der Waals surface area contributed by atoms with E-state index in [1.807, 2.05) is 12.1 Å². The molecule has 4 nitrogen and oxygen atoms in total. The van der Waals surface area contributed by atoms with Crippen LogP contribution in [0.15, 0.2) is 60.7 Å². The molecule has 0 saturated heterocycles. The molecule has 0 radical (unpaired) electrons. The van der Waals surface area contributed by atoms with Gasteiger partial charge in [-0.2, -0.15) is 0 Å². The zero-order valence-corrected chi connectivity index (χ0v) is 18.4. The summed E-state index contributed by atoms with van der Waals surface area (Å²) < 4.78 is 22.9. The van der Waals surface area contributed by atoms with Gasteiger partial charge in [0.1, 0.15) is 23.0 Å². The Labute approximate surface area is 185 Å². The SMILES string of the molecule is COc1ccc2c(c1)c1c(OC)ccc3c4ccc(OC)cc4c4c(OC)ccc2c4c31. The third-order valence-corrected chi connectivity index (χ3v) is 6.60. The molecule has 6 aromatic rings. The average molecular weight is 422 g/mol. The van der Waals surface area contributed by atoms with Crippen LogP contribution in [0.25, 0.3) is 53.9 Å². The van der Waals surface area contributed by atoms with Crippen molar-refractivity contribution in [3.63, 3.8) is 0 Å². The molecule has 0 N–H and O–H groups in total. The van der Waals surface area contributed by atoms with E-state index in [9.17, 15) is 0 Å². The first kappa shape index (κ1) is 18.8. The van der Waals surface area contributed by atoms with Gasteiger partial charge in [0.15, 0.2) is 0 Å². The number of hydrogen-bond donors (Lipinski definition) is 0. The van der Waals surface area contributed by atoms with Crippen LogP contribution in [0.1, 0.15) is 0 Å². The smallest absolute Gasteiger partial charge is 0.127 e. The molecule has 158 valence electrons. The fourth-order valence-electron chi connectivity index (χ4n) is 5.19. The molecule has 0 fully saturated rings. The molecule has 0 aliphatic carbocycles. The van der Waals surface area contributed by atoms with E-state index in [4.69, 9.17) is 18.9 Å². The Morgan fingerprint density at radius 1 is 0.375 bits per heavy atom. The summed E-state index contributed by atoms with van der Waals surface area (Å²) in [4.78, 5) is 0. The molecular formula is C28H22O4. The number of methoxy groups -OCH3 is 4. The molecule has 0 aromatic heterocycles. The molecule has 6 aromatic carbocycles. The molecule has 0 atom stereocenters. The van der Waals surface area contributed by atoms with Crippen LogP contribution < -0.4 is 18.9 Å². The van der Waals surface area contributed by atoms with Crippen LogP contribution in [0, 0.1) is 0 Å². The van der Waals surface area contributed by atoms with Gasteiger partial charge in [0, 0.05) is 21.5 Å². The quantitative estimate of drug-likeness (QED) is 0.228. The van der Waals surface area contributed by atoms with Gasteiger partial charge in [0.25, 0.3) is 0 Å². The summed E-state index contributed by atoms with van der Waals surface area (Å²) in [6, 6.07) is 20.9. The minimum atomic E-state index is 0.821. The normalized spacial score (nSPS) is 11.8. The van der Waals surface area contributed by atoms with E-state index in [1.165, 1.54) is 21.5 Å². The van der Waals surface area contributed by atoms with E-state index in [2.05, 4.69) is 48.5 Å². The molecule has 6 rings (SSSR count). The van der Waals surface area contributed by atoms with Crippen molar-refractivity contribution >= 4 is 53.9 Å². The Kier molecular flexibility index (Phi) is 3.99. The standard InChI is InChI=1S/C28H22O4/c1-29-15-5-7-17-19-9-12-24(32-4)26-22-14-16(30-2)6-8-18(22)20-10-11-23(31-3)25(21(17)13-15)27(20)28(19)26/h5-14H,1-4H3. The zero-order valence-electron chi connectivity index (χ0n) is 18.4. The molecule has 0 unspecified atom stereocenters. The first-order chi connectivity index (χ1) is 15.7. The molecule has 0 aliphatic rings. The Balaban J connectivity index is 2.03. The number of hydrogen-bond acceptors (Lipinski definition) is 4. The van der Waals surface area contributed by atoms with Crippen molar-refractivity contribution in [2.75, 3.05) is 28.4 Å². The van der Waals surface area contributed by atoms with E-state index in [-0.39, 0.29) is 0 Å². The van der Waals surface area contributed by atoms with Gasteiger partial charge in [-0.1, -0.05) is 24.3 Å². The second-order valence-corrected chi connectivity index (χ2v) is 7.95. The van der Waals surface area contributed by atoms with E-state index in [0.717, 1.165) is 55.3 Å². The van der Waals surface area contributed by atoms with Gasteiger partial charge < -0.3 is 18.9 Å². The maximum atomic E-state index is 5.87. The lowest BCUT2D eigenvalue weighted by Crippen LogP contribution is -1.95. The molecule has 0 aliphatic heterocycles. The molecular weight excluding hydrogens is 400 g/mol. The number of rotatable bonds is 4. The van der Waals surface area contributed by atoms with Crippen LogP contribution in [0.2, 0.25) is 0 Å². The van der Waals surface area contributed by atoms with Gasteiger partial charge in [-0.25, -0.2) is 0 Å². The predicted octanol–water partition coefficient (Wildman–Crippen LogP) is 6.92. The van der Waals surface area contributed by atoms with Crippen LogP contribution >= 0.6 is 0 Å². The van der Waals surface area contributed by atoms with E-state index >= 15 is 0 Å². The molecule has 0 amide bonds. The maximum absolute atomic E-state index is 5.87. The molecule has 32 heavy (non-hydrogen) atoms. The van der Waals surface area contributed by atoms with Gasteiger partial charge in [0.05, 0.1) is 28.4 Å². The third kappa shape index (κ3) is 2.32. The number of benzene rings is 6. The second kappa shape index (κ2) is 6.79. The average Bonchev–Trinajstić information content (AvgIpc) is 2.86. The van der Waals surface area contributed by atoms with E-state index in [0.29, 0.717) is 0 Å². The van der Waals surface area contributed by atoms with Gasteiger partial charge >= 0.3 is 0 Å². The summed E-state index contributed by atoms with van der Waals surface area (Å²) in [6.07, 6.45) is 0. The lowest BCUT2D eigenvalue weighted by molar-refractivity contribution is 0.415. The van der Waals surface area contributed by atoms with Crippen molar-refractivity contribution in [2.45, 2.75) is 0 Å². The van der Waals surface area contributed by atoms with Crippen molar-refractivity contribution in [3.8, 4) is 23.0 Å². The minimum absolute atomic E-state index is 0.821. The summed E-state index contributed by atoms with van der Waals surface area (Å²) in [5.41, 5.74) is 0. The fourth-order valence-corrected chi connectivity index (χ4v) is 5.19. The number of fused-ring (bicyclic) bond motifs is 6. The van der Waals surface area contributed by atoms with Gasteiger partial charge in [0.2, 0.25) is 0 Å². The van der Waals surface area contributed by atoms with Gasteiger partial charge in [-0.05, 0) is 68.7 Å². The van der Waals surface area contributed by atoms with Crippen LogP contribution in [-0.2, 0) is 0 Å². The lowest BCUT2D eigenvalue weighted by Gasteiger charge is -2.21. The molecule has 0 heterocycles. The van der Waals surface area contributed by atoms with Crippen molar-refractivity contribution in [1.29, 1.82) is 0 Å². The summed E-state index contributed by atoms with van der Waals surface area (Å²) in [5.74, 6) is 3.33. The van der Waals surface area contributed by atoms with Gasteiger partial charge in [-0.15, -0.1) is 0 Å². The van der Waals surface area contributed by atoms with E-state index < -0.39 is 0 Å². The van der Waals surface area contributed by atoms with Gasteiger partial charge in [-0.3, -0.25) is 0 Å². The third-order valence-electron chi connectivity index (χ3n) is 6.60. The van der Waals surface area contributed by atoms with Crippen molar-refractivity contribution < 1.29 is 18.9 Å². The first-order valence-corrected chi connectivity index (χ1v) is 10.5. The van der Waals surface area contributed by atoms with Crippen LogP contribution in [-0.4, -0.2) is 28.4 Å². The summed E-state index contributed by atoms with van der Waals surface area (Å²) in [5, 5.41) is 11.4.